The maximum atomic E-state index is 11.7. The van der Waals surface area contributed by atoms with Crippen molar-refractivity contribution in [3.8, 4) is 0 Å². The number of nitrogens with one attached hydrogen (secondary N) is 1. The van der Waals surface area contributed by atoms with Gasteiger partial charge in [0.25, 0.3) is 0 Å². The summed E-state index contributed by atoms with van der Waals surface area (Å²) >= 11 is 0. The van der Waals surface area contributed by atoms with Gasteiger partial charge in [-0.3, -0.25) is 19.6 Å². The van der Waals surface area contributed by atoms with Crippen molar-refractivity contribution in [3.63, 3.8) is 0 Å². The van der Waals surface area contributed by atoms with E-state index in [0.717, 1.165) is 17.1 Å². The highest BCUT2D eigenvalue weighted by Crippen LogP contribution is 2.08. The molecule has 0 spiro atoms. The van der Waals surface area contributed by atoms with Gasteiger partial charge in [-0.05, 0) is 12.1 Å². The van der Waals surface area contributed by atoms with Crippen molar-refractivity contribution in [1.82, 2.24) is 14.8 Å². The highest BCUT2D eigenvalue weighted by Gasteiger charge is 2.12. The Hall–Kier alpha value is -3.30. The van der Waals surface area contributed by atoms with E-state index >= 15 is 0 Å². The number of aromatic nitrogens is 3. The summed E-state index contributed by atoms with van der Waals surface area (Å²) in [5.41, 5.74) is -0.434. The molecule has 0 radical (unpaired) electrons. The van der Waals surface area contributed by atoms with Crippen molar-refractivity contribution in [2.24, 2.45) is 0 Å². The van der Waals surface area contributed by atoms with Gasteiger partial charge >= 0.3 is 11.7 Å². The minimum atomic E-state index is -1.21. The second-order valence-corrected chi connectivity index (χ2v) is 3.91. The number of carboxylic acid groups (broad SMARTS) is 1. The molecule has 0 bridgehead atoms. The van der Waals surface area contributed by atoms with Gasteiger partial charge in [0.15, 0.2) is 5.69 Å². The van der Waals surface area contributed by atoms with Crippen molar-refractivity contribution >= 4 is 23.4 Å². The Morgan fingerprint density at radius 2 is 2.19 bits per heavy atom. The van der Waals surface area contributed by atoms with Gasteiger partial charge in [-0.2, -0.15) is 5.10 Å². The number of hydrogen-bond acceptors (Lipinski definition) is 6. The van der Waals surface area contributed by atoms with Crippen LogP contribution in [0.1, 0.15) is 10.5 Å². The average molecular weight is 291 g/mol. The van der Waals surface area contributed by atoms with Crippen LogP contribution in [0.2, 0.25) is 0 Å². The molecule has 2 aromatic rings. The molecule has 1 amide bonds. The molecule has 0 aliphatic heterocycles. The lowest BCUT2D eigenvalue weighted by Crippen LogP contribution is -2.20. The average Bonchev–Trinajstić information content (AvgIpc) is 2.87. The third kappa shape index (κ3) is 3.59. The molecular formula is C11H9N5O5. The Balaban J connectivity index is 2.02. The zero-order chi connectivity index (χ0) is 15.4. The van der Waals surface area contributed by atoms with Crippen LogP contribution in [0.25, 0.3) is 0 Å². The van der Waals surface area contributed by atoms with E-state index in [2.05, 4.69) is 15.4 Å². The van der Waals surface area contributed by atoms with Crippen molar-refractivity contribution in [1.29, 1.82) is 0 Å². The number of aromatic carboxylic acids is 1. The largest absolute Gasteiger partial charge is 0.477 e. The Morgan fingerprint density at radius 3 is 2.81 bits per heavy atom. The first-order valence-electron chi connectivity index (χ1n) is 5.63. The molecule has 0 unspecified atom stereocenters. The number of anilines is 1. The summed E-state index contributed by atoms with van der Waals surface area (Å²) in [4.78, 5) is 36.0. The number of rotatable bonds is 5. The highest BCUT2D eigenvalue weighted by molar-refractivity contribution is 5.91. The number of amides is 1. The normalized spacial score (nSPS) is 10.1. The van der Waals surface area contributed by atoms with Crippen LogP contribution in [-0.2, 0) is 11.3 Å². The van der Waals surface area contributed by atoms with Crippen molar-refractivity contribution < 1.29 is 19.6 Å². The lowest BCUT2D eigenvalue weighted by Gasteiger charge is -2.04. The fraction of sp³-hybridized carbons (Fsp3) is 0.0909. The van der Waals surface area contributed by atoms with Crippen LogP contribution in [0.4, 0.5) is 11.5 Å². The summed E-state index contributed by atoms with van der Waals surface area (Å²) in [7, 11) is 0. The molecule has 2 aromatic heterocycles. The Morgan fingerprint density at radius 1 is 1.43 bits per heavy atom. The smallest absolute Gasteiger partial charge is 0.354 e. The predicted molar refractivity (Wildman–Crippen MR) is 68.7 cm³/mol. The molecule has 2 heterocycles. The van der Waals surface area contributed by atoms with E-state index in [4.69, 9.17) is 5.11 Å². The number of nitrogens with zero attached hydrogens (tertiary/aromatic N) is 4. The lowest BCUT2D eigenvalue weighted by molar-refractivity contribution is -0.385. The van der Waals surface area contributed by atoms with Gasteiger partial charge in [-0.1, -0.05) is 6.07 Å². The van der Waals surface area contributed by atoms with Crippen molar-refractivity contribution in [2.75, 3.05) is 5.32 Å². The van der Waals surface area contributed by atoms with Crippen LogP contribution < -0.4 is 5.32 Å². The van der Waals surface area contributed by atoms with Crippen LogP contribution in [-0.4, -0.2) is 36.7 Å². The zero-order valence-electron chi connectivity index (χ0n) is 10.5. The standard InChI is InChI=1S/C11H9N5O5/c17-10(6-15-5-7(4-12-15)16(20)21)14-9-3-1-2-8(13-9)11(18)19/h1-5H,6H2,(H,18,19)(H,13,14,17). The topological polar surface area (TPSA) is 140 Å². The molecule has 0 saturated carbocycles. The first-order chi connectivity index (χ1) is 9.95. The van der Waals surface area contributed by atoms with Gasteiger partial charge in [0, 0.05) is 0 Å². The molecule has 2 rings (SSSR count). The fourth-order valence-corrected chi connectivity index (χ4v) is 1.49. The van der Waals surface area contributed by atoms with Crippen LogP contribution in [0.15, 0.2) is 30.6 Å². The zero-order valence-corrected chi connectivity index (χ0v) is 10.5. The monoisotopic (exact) mass is 291 g/mol. The van der Waals surface area contributed by atoms with E-state index in [1.807, 2.05) is 0 Å². The molecule has 0 aromatic carbocycles. The predicted octanol–water partition coefficient (Wildman–Crippen LogP) is 0.523. The molecule has 2 N–H and O–H groups in total. The van der Waals surface area contributed by atoms with Crippen LogP contribution in [0.5, 0.6) is 0 Å². The molecule has 0 fully saturated rings. The quantitative estimate of drug-likeness (QED) is 0.604. The molecule has 0 aliphatic rings. The molecule has 0 saturated heterocycles. The molecule has 0 aliphatic carbocycles. The summed E-state index contributed by atoms with van der Waals surface area (Å²) in [5.74, 6) is -1.68. The molecular weight excluding hydrogens is 282 g/mol. The van der Waals surface area contributed by atoms with Crippen LogP contribution in [0, 0.1) is 10.1 Å². The summed E-state index contributed by atoms with van der Waals surface area (Å²) in [5, 5.41) is 25.3. The van der Waals surface area contributed by atoms with Gasteiger partial charge in [-0.15, -0.1) is 0 Å². The molecule has 108 valence electrons. The van der Waals surface area contributed by atoms with Crippen LogP contribution >= 0.6 is 0 Å². The summed E-state index contributed by atoms with van der Waals surface area (Å²) in [6.45, 7) is -0.257. The highest BCUT2D eigenvalue weighted by atomic mass is 16.6. The third-order valence-corrected chi connectivity index (χ3v) is 2.37. The van der Waals surface area contributed by atoms with E-state index in [1.54, 1.807) is 0 Å². The van der Waals surface area contributed by atoms with Gasteiger partial charge < -0.3 is 10.4 Å². The minimum Gasteiger partial charge on any atom is -0.477 e. The van der Waals surface area contributed by atoms with E-state index < -0.39 is 16.8 Å². The molecule has 10 heteroatoms. The number of nitro groups is 1. The molecule has 0 atom stereocenters. The van der Waals surface area contributed by atoms with E-state index in [0.29, 0.717) is 0 Å². The van der Waals surface area contributed by atoms with Crippen LogP contribution in [0.3, 0.4) is 0 Å². The Bertz CT molecular complexity index is 711. The number of carbonyl (C=O) groups is 2. The van der Waals surface area contributed by atoms with Gasteiger partial charge in [0.05, 0.1) is 4.92 Å². The van der Waals surface area contributed by atoms with Gasteiger partial charge in [0.2, 0.25) is 5.91 Å². The van der Waals surface area contributed by atoms with Crippen molar-refractivity contribution in [2.45, 2.75) is 6.54 Å². The molecule has 21 heavy (non-hydrogen) atoms. The van der Waals surface area contributed by atoms with Gasteiger partial charge in [-0.25, -0.2) is 9.78 Å². The maximum Gasteiger partial charge on any atom is 0.354 e. The summed E-state index contributed by atoms with van der Waals surface area (Å²) in [6, 6.07) is 4.15. The molecule has 10 nitrogen and oxygen atoms in total. The number of pyridine rings is 1. The SMILES string of the molecule is O=C(Cn1cc([N+](=O)[O-])cn1)Nc1cccc(C(=O)O)n1. The second kappa shape index (κ2) is 5.77. The lowest BCUT2D eigenvalue weighted by atomic mass is 10.3. The first kappa shape index (κ1) is 14.1. The first-order valence-corrected chi connectivity index (χ1v) is 5.63. The van der Waals surface area contributed by atoms with Crippen molar-refractivity contribution in [3.05, 3.63) is 46.4 Å². The minimum absolute atomic E-state index is 0.0709. The third-order valence-electron chi connectivity index (χ3n) is 2.37. The summed E-state index contributed by atoms with van der Waals surface area (Å²) < 4.78 is 1.09. The summed E-state index contributed by atoms with van der Waals surface area (Å²) in [6.07, 6.45) is 2.14. The Kier molecular flexibility index (Phi) is 3.88. The van der Waals surface area contributed by atoms with Gasteiger partial charge in [0.1, 0.15) is 24.8 Å². The second-order valence-electron chi connectivity index (χ2n) is 3.91. The Labute approximate surface area is 117 Å². The number of carbonyl (C=O) groups excluding carboxylic acids is 1. The van der Waals surface area contributed by atoms with E-state index in [-0.39, 0.29) is 23.7 Å². The number of hydrogen-bond donors (Lipinski definition) is 2. The van der Waals surface area contributed by atoms with E-state index in [9.17, 15) is 19.7 Å². The fourth-order valence-electron chi connectivity index (χ4n) is 1.49. The number of carboxylic acids is 1. The van der Waals surface area contributed by atoms with E-state index in [1.165, 1.54) is 18.2 Å². The maximum absolute atomic E-state index is 11.7.